The molecule has 0 aliphatic carbocycles. The standard InChI is InChI=1S/C19H23ClN4O/c1-13-9-18-12-22(7-8-23(18)19(13)25)10-15-11-24(21-14(15)2)17-5-3-16(20)4-6-17/h3-6,11,13,18H,7-10,12H2,1-2H3. The number of aromatic nitrogens is 2. The summed E-state index contributed by atoms with van der Waals surface area (Å²) in [5.74, 6) is 0.510. The molecule has 2 atom stereocenters. The zero-order valence-electron chi connectivity index (χ0n) is 14.7. The first-order chi connectivity index (χ1) is 12.0. The lowest BCUT2D eigenvalue weighted by Gasteiger charge is -2.37. The molecule has 0 saturated carbocycles. The number of carbonyl (C=O) groups excluding carboxylic acids is 1. The van der Waals surface area contributed by atoms with Gasteiger partial charge in [0, 0.05) is 54.9 Å². The van der Waals surface area contributed by atoms with E-state index in [-0.39, 0.29) is 5.92 Å². The minimum Gasteiger partial charge on any atom is -0.337 e. The van der Waals surface area contributed by atoms with E-state index in [9.17, 15) is 4.79 Å². The number of aryl methyl sites for hydroxylation is 1. The Morgan fingerprint density at radius 3 is 2.76 bits per heavy atom. The number of halogens is 1. The highest BCUT2D eigenvalue weighted by Crippen LogP contribution is 2.28. The summed E-state index contributed by atoms with van der Waals surface area (Å²) in [6.07, 6.45) is 3.09. The van der Waals surface area contributed by atoms with Crippen LogP contribution in [0.25, 0.3) is 5.69 Å². The first-order valence-corrected chi connectivity index (χ1v) is 9.23. The van der Waals surface area contributed by atoms with Gasteiger partial charge in [-0.2, -0.15) is 5.10 Å². The lowest BCUT2D eigenvalue weighted by molar-refractivity contribution is -0.133. The van der Waals surface area contributed by atoms with E-state index in [1.807, 2.05) is 35.9 Å². The summed E-state index contributed by atoms with van der Waals surface area (Å²) in [7, 11) is 0. The fourth-order valence-electron chi connectivity index (χ4n) is 3.97. The van der Waals surface area contributed by atoms with Gasteiger partial charge in [-0.25, -0.2) is 4.68 Å². The van der Waals surface area contributed by atoms with Crippen molar-refractivity contribution < 1.29 is 4.79 Å². The molecule has 2 aliphatic rings. The molecule has 0 N–H and O–H groups in total. The van der Waals surface area contributed by atoms with Crippen LogP contribution in [0.4, 0.5) is 0 Å². The van der Waals surface area contributed by atoms with Crippen LogP contribution in [0.3, 0.4) is 0 Å². The molecule has 3 heterocycles. The van der Waals surface area contributed by atoms with E-state index in [1.54, 1.807) is 0 Å². The molecule has 2 aromatic rings. The molecule has 2 fully saturated rings. The van der Waals surface area contributed by atoms with Crippen molar-refractivity contribution in [2.45, 2.75) is 32.9 Å². The van der Waals surface area contributed by atoms with Crippen molar-refractivity contribution in [3.05, 3.63) is 46.7 Å². The smallest absolute Gasteiger partial charge is 0.225 e. The maximum Gasteiger partial charge on any atom is 0.225 e. The van der Waals surface area contributed by atoms with Crippen molar-refractivity contribution >= 4 is 17.5 Å². The van der Waals surface area contributed by atoms with Crippen LogP contribution >= 0.6 is 11.6 Å². The van der Waals surface area contributed by atoms with Gasteiger partial charge in [0.05, 0.1) is 11.4 Å². The van der Waals surface area contributed by atoms with Gasteiger partial charge >= 0.3 is 0 Å². The summed E-state index contributed by atoms with van der Waals surface area (Å²) in [6, 6.07) is 8.09. The third kappa shape index (κ3) is 3.18. The Hall–Kier alpha value is -1.85. The lowest BCUT2D eigenvalue weighted by atomic mass is 10.1. The van der Waals surface area contributed by atoms with E-state index in [2.05, 4.69) is 28.0 Å². The van der Waals surface area contributed by atoms with Crippen molar-refractivity contribution in [1.29, 1.82) is 0 Å². The first kappa shape index (κ1) is 16.6. The molecular weight excluding hydrogens is 336 g/mol. The van der Waals surface area contributed by atoms with Crippen LogP contribution in [0.2, 0.25) is 5.02 Å². The Morgan fingerprint density at radius 1 is 1.24 bits per heavy atom. The van der Waals surface area contributed by atoms with Gasteiger partial charge in [0.15, 0.2) is 0 Å². The van der Waals surface area contributed by atoms with Gasteiger partial charge in [0.25, 0.3) is 0 Å². The fraction of sp³-hybridized carbons (Fsp3) is 0.474. The second-order valence-electron chi connectivity index (χ2n) is 7.22. The molecule has 0 spiro atoms. The molecule has 4 rings (SSSR count). The van der Waals surface area contributed by atoms with E-state index < -0.39 is 0 Å². The number of amides is 1. The monoisotopic (exact) mass is 358 g/mol. The van der Waals surface area contributed by atoms with E-state index in [0.29, 0.717) is 11.9 Å². The molecule has 2 saturated heterocycles. The van der Waals surface area contributed by atoms with Crippen LogP contribution in [-0.4, -0.2) is 51.2 Å². The average Bonchev–Trinajstić information content (AvgIpc) is 3.09. The van der Waals surface area contributed by atoms with Crippen LogP contribution < -0.4 is 0 Å². The second kappa shape index (κ2) is 6.46. The zero-order chi connectivity index (χ0) is 17.6. The summed E-state index contributed by atoms with van der Waals surface area (Å²) < 4.78 is 1.92. The Kier molecular flexibility index (Phi) is 4.29. The zero-order valence-corrected chi connectivity index (χ0v) is 15.4. The molecule has 1 amide bonds. The van der Waals surface area contributed by atoms with Gasteiger partial charge < -0.3 is 4.90 Å². The minimum atomic E-state index is 0.180. The topological polar surface area (TPSA) is 41.4 Å². The van der Waals surface area contributed by atoms with Crippen molar-refractivity contribution in [1.82, 2.24) is 19.6 Å². The number of nitrogens with zero attached hydrogens (tertiary/aromatic N) is 4. The number of hydrogen-bond donors (Lipinski definition) is 0. The molecule has 1 aromatic carbocycles. The molecule has 2 aliphatic heterocycles. The normalized spacial score (nSPS) is 24.0. The van der Waals surface area contributed by atoms with Crippen LogP contribution in [0.1, 0.15) is 24.6 Å². The van der Waals surface area contributed by atoms with Gasteiger partial charge in [-0.1, -0.05) is 18.5 Å². The van der Waals surface area contributed by atoms with Crippen molar-refractivity contribution in [2.24, 2.45) is 5.92 Å². The fourth-order valence-corrected chi connectivity index (χ4v) is 4.09. The van der Waals surface area contributed by atoms with Crippen LogP contribution in [0, 0.1) is 12.8 Å². The van der Waals surface area contributed by atoms with E-state index in [1.165, 1.54) is 5.56 Å². The molecule has 0 radical (unpaired) electrons. The maximum absolute atomic E-state index is 12.1. The van der Waals surface area contributed by atoms with Gasteiger partial charge in [-0.3, -0.25) is 9.69 Å². The molecular formula is C19H23ClN4O. The quantitative estimate of drug-likeness (QED) is 0.847. The Labute approximate surface area is 153 Å². The molecule has 2 unspecified atom stereocenters. The third-order valence-electron chi connectivity index (χ3n) is 5.38. The van der Waals surface area contributed by atoms with E-state index in [0.717, 1.165) is 49.0 Å². The van der Waals surface area contributed by atoms with Gasteiger partial charge in [-0.15, -0.1) is 0 Å². The van der Waals surface area contributed by atoms with Crippen molar-refractivity contribution in [2.75, 3.05) is 19.6 Å². The number of hydrogen-bond acceptors (Lipinski definition) is 3. The second-order valence-corrected chi connectivity index (χ2v) is 7.65. The molecule has 25 heavy (non-hydrogen) atoms. The van der Waals surface area contributed by atoms with Crippen LogP contribution in [0.5, 0.6) is 0 Å². The average molecular weight is 359 g/mol. The molecule has 0 bridgehead atoms. The van der Waals surface area contributed by atoms with E-state index >= 15 is 0 Å². The highest BCUT2D eigenvalue weighted by molar-refractivity contribution is 6.30. The largest absolute Gasteiger partial charge is 0.337 e. The summed E-state index contributed by atoms with van der Waals surface area (Å²) in [4.78, 5) is 16.6. The summed E-state index contributed by atoms with van der Waals surface area (Å²) in [5.41, 5.74) is 3.30. The molecule has 132 valence electrons. The number of piperazine rings is 1. The lowest BCUT2D eigenvalue weighted by Crippen LogP contribution is -2.51. The third-order valence-corrected chi connectivity index (χ3v) is 5.63. The SMILES string of the molecule is Cc1nn(-c2ccc(Cl)cc2)cc1CN1CCN2C(=O)C(C)CC2C1. The van der Waals surface area contributed by atoms with Gasteiger partial charge in [-0.05, 0) is 37.6 Å². The minimum absolute atomic E-state index is 0.180. The van der Waals surface area contributed by atoms with E-state index in [4.69, 9.17) is 11.6 Å². The summed E-state index contributed by atoms with van der Waals surface area (Å²) >= 11 is 5.96. The number of rotatable bonds is 3. The predicted octanol–water partition coefficient (Wildman–Crippen LogP) is 2.89. The highest BCUT2D eigenvalue weighted by atomic mass is 35.5. The predicted molar refractivity (Wildman–Crippen MR) is 97.9 cm³/mol. The Morgan fingerprint density at radius 2 is 2.00 bits per heavy atom. The van der Waals surface area contributed by atoms with Crippen molar-refractivity contribution in [3.63, 3.8) is 0 Å². The van der Waals surface area contributed by atoms with Gasteiger partial charge in [0.1, 0.15) is 0 Å². The number of fused-ring (bicyclic) bond motifs is 1. The molecule has 6 heteroatoms. The molecule has 5 nitrogen and oxygen atoms in total. The first-order valence-electron chi connectivity index (χ1n) is 8.85. The summed E-state index contributed by atoms with van der Waals surface area (Å²) in [6.45, 7) is 7.72. The summed E-state index contributed by atoms with van der Waals surface area (Å²) in [5, 5.41) is 5.38. The Bertz CT molecular complexity index is 785. The maximum atomic E-state index is 12.1. The van der Waals surface area contributed by atoms with Gasteiger partial charge in [0.2, 0.25) is 5.91 Å². The highest BCUT2D eigenvalue weighted by Gasteiger charge is 2.39. The number of carbonyl (C=O) groups is 1. The van der Waals surface area contributed by atoms with Crippen LogP contribution in [0.15, 0.2) is 30.5 Å². The Balaban J connectivity index is 1.47. The number of benzene rings is 1. The molecule has 1 aromatic heterocycles. The van der Waals surface area contributed by atoms with Crippen molar-refractivity contribution in [3.8, 4) is 5.69 Å². The van der Waals surface area contributed by atoms with Crippen LogP contribution in [-0.2, 0) is 11.3 Å².